The molecule has 0 spiro atoms. The molecule has 8 heteroatoms. The second-order valence-corrected chi connectivity index (χ2v) is 11.7. The zero-order valence-electron chi connectivity index (χ0n) is 18.8. The highest BCUT2D eigenvalue weighted by Gasteiger charge is 2.50. The third-order valence-corrected chi connectivity index (χ3v) is 10.3. The van der Waals surface area contributed by atoms with Crippen molar-refractivity contribution in [1.29, 1.82) is 0 Å². The summed E-state index contributed by atoms with van der Waals surface area (Å²) in [6, 6.07) is 0. The Kier molecular flexibility index (Phi) is 15.8. The summed E-state index contributed by atoms with van der Waals surface area (Å²) in [4.78, 5) is 0. The fourth-order valence-electron chi connectivity index (χ4n) is 3.02. The predicted molar refractivity (Wildman–Crippen MR) is 117 cm³/mol. The normalized spacial score (nSPS) is 12.5. The fraction of sp³-hybridized carbons (Fsp3) is 0.900. The molecule has 0 aliphatic carbocycles. The largest absolute Gasteiger partial charge is 0.345 e. The molecular formula is C20H42O6P2. The molecule has 0 unspecified atom stereocenters. The summed E-state index contributed by atoms with van der Waals surface area (Å²) in [5.74, 6) is 0. The van der Waals surface area contributed by atoms with Crippen LogP contribution in [0, 0.1) is 0 Å². The van der Waals surface area contributed by atoms with Gasteiger partial charge in [-0.2, -0.15) is 0 Å². The first-order valence-electron chi connectivity index (χ1n) is 10.7. The zero-order valence-corrected chi connectivity index (χ0v) is 20.6. The van der Waals surface area contributed by atoms with Gasteiger partial charge < -0.3 is 18.1 Å². The Hall–Kier alpha value is 0.0400. The van der Waals surface area contributed by atoms with E-state index in [0.717, 1.165) is 32.1 Å². The highest BCUT2D eigenvalue weighted by atomic mass is 31.2. The lowest BCUT2D eigenvalue weighted by Gasteiger charge is -2.31. The van der Waals surface area contributed by atoms with E-state index in [1.165, 1.54) is 12.0 Å². The smallest absolute Gasteiger partial charge is 0.308 e. The van der Waals surface area contributed by atoms with Crippen LogP contribution in [0.5, 0.6) is 0 Å². The van der Waals surface area contributed by atoms with Gasteiger partial charge in [0, 0.05) is 0 Å². The maximum Gasteiger partial charge on any atom is 0.345 e. The van der Waals surface area contributed by atoms with Crippen LogP contribution < -0.4 is 0 Å². The summed E-state index contributed by atoms with van der Waals surface area (Å²) in [7, 11) is -7.22. The lowest BCUT2D eigenvalue weighted by atomic mass is 10.1. The Morgan fingerprint density at radius 2 is 1.11 bits per heavy atom. The lowest BCUT2D eigenvalue weighted by Crippen LogP contribution is -2.18. The van der Waals surface area contributed by atoms with Crippen LogP contribution >= 0.6 is 15.2 Å². The van der Waals surface area contributed by atoms with Gasteiger partial charge in [-0.3, -0.25) is 9.13 Å². The van der Waals surface area contributed by atoms with Crippen LogP contribution in [0.4, 0.5) is 0 Å². The minimum Gasteiger partial charge on any atom is -0.308 e. The first kappa shape index (κ1) is 28.0. The number of allylic oxidation sites excluding steroid dienone is 2. The second-order valence-electron chi connectivity index (χ2n) is 6.86. The molecule has 0 N–H and O–H groups in total. The average Bonchev–Trinajstić information content (AvgIpc) is 2.60. The Labute approximate surface area is 172 Å². The predicted octanol–water partition coefficient (Wildman–Crippen LogP) is 7.54. The van der Waals surface area contributed by atoms with Crippen molar-refractivity contribution in [2.45, 2.75) is 91.9 Å². The first-order valence-corrected chi connectivity index (χ1v) is 13.9. The highest BCUT2D eigenvalue weighted by molar-refractivity contribution is 7.72. The van der Waals surface area contributed by atoms with Crippen molar-refractivity contribution < 1.29 is 27.2 Å². The van der Waals surface area contributed by atoms with Gasteiger partial charge in [0.15, 0.2) is 5.40 Å². The molecule has 0 rings (SSSR count). The van der Waals surface area contributed by atoms with Gasteiger partial charge in [0.05, 0.1) is 26.4 Å². The van der Waals surface area contributed by atoms with Gasteiger partial charge in [-0.15, -0.1) is 0 Å². The number of unbranched alkanes of at least 4 members (excludes halogenated alkanes) is 5. The van der Waals surface area contributed by atoms with Gasteiger partial charge >= 0.3 is 15.2 Å². The molecule has 0 saturated heterocycles. The van der Waals surface area contributed by atoms with Crippen LogP contribution in [0.15, 0.2) is 11.6 Å². The van der Waals surface area contributed by atoms with Gasteiger partial charge in [-0.05, 0) is 60.8 Å². The summed E-state index contributed by atoms with van der Waals surface area (Å²) < 4.78 is 48.8. The van der Waals surface area contributed by atoms with Crippen LogP contribution in [-0.2, 0) is 27.2 Å². The van der Waals surface area contributed by atoms with Gasteiger partial charge in [0.1, 0.15) is 0 Å². The first-order chi connectivity index (χ1) is 13.3. The van der Waals surface area contributed by atoms with E-state index in [0.29, 0.717) is 6.42 Å². The summed E-state index contributed by atoms with van der Waals surface area (Å²) in [6.45, 7) is 12.1. The monoisotopic (exact) mass is 440 g/mol. The number of rotatable bonds is 18. The van der Waals surface area contributed by atoms with Crippen molar-refractivity contribution in [1.82, 2.24) is 0 Å². The Morgan fingerprint density at radius 3 is 1.50 bits per heavy atom. The molecule has 6 nitrogen and oxygen atoms in total. The van der Waals surface area contributed by atoms with E-state index in [2.05, 4.69) is 19.9 Å². The minimum atomic E-state index is -3.61. The van der Waals surface area contributed by atoms with Crippen LogP contribution in [0.1, 0.15) is 86.5 Å². The quantitative estimate of drug-likeness (QED) is 0.125. The van der Waals surface area contributed by atoms with Crippen molar-refractivity contribution in [3.63, 3.8) is 0 Å². The van der Waals surface area contributed by atoms with Crippen molar-refractivity contribution in [3.05, 3.63) is 11.6 Å². The second kappa shape index (κ2) is 15.8. The maximum absolute atomic E-state index is 13.4. The molecule has 168 valence electrons. The SMILES string of the molecule is CCOP(=O)(OCC)C(CCCCCCCC=C(C)C)P(=O)(OCC)OCC. The Balaban J connectivity index is 5.02. The van der Waals surface area contributed by atoms with E-state index < -0.39 is 20.6 Å². The van der Waals surface area contributed by atoms with E-state index in [9.17, 15) is 9.13 Å². The van der Waals surface area contributed by atoms with E-state index in [1.54, 1.807) is 27.7 Å². The molecule has 0 aliphatic heterocycles. The third kappa shape index (κ3) is 10.7. The lowest BCUT2D eigenvalue weighted by molar-refractivity contribution is 0.193. The van der Waals surface area contributed by atoms with Crippen molar-refractivity contribution in [2.24, 2.45) is 0 Å². The summed E-state index contributed by atoms with van der Waals surface area (Å²) >= 11 is 0. The summed E-state index contributed by atoms with van der Waals surface area (Å²) in [5, 5.41) is -0.884. The van der Waals surface area contributed by atoms with Crippen molar-refractivity contribution in [2.75, 3.05) is 26.4 Å². The Bertz CT molecular complexity index is 467. The van der Waals surface area contributed by atoms with Crippen LogP contribution in [0.25, 0.3) is 0 Å². The topological polar surface area (TPSA) is 71.1 Å². The molecule has 0 aromatic carbocycles. The van der Waals surface area contributed by atoms with E-state index in [4.69, 9.17) is 18.1 Å². The fourth-order valence-corrected chi connectivity index (χ4v) is 8.48. The molecule has 28 heavy (non-hydrogen) atoms. The van der Waals surface area contributed by atoms with Gasteiger partial charge in [-0.25, -0.2) is 0 Å². The molecule has 0 atom stereocenters. The summed E-state index contributed by atoms with van der Waals surface area (Å²) in [5.41, 5.74) is 1.35. The zero-order chi connectivity index (χ0) is 21.5. The molecule has 0 aliphatic rings. The molecule has 0 radical (unpaired) electrons. The average molecular weight is 440 g/mol. The van der Waals surface area contributed by atoms with E-state index >= 15 is 0 Å². The van der Waals surface area contributed by atoms with Gasteiger partial charge in [0.25, 0.3) is 0 Å². The molecule has 0 aromatic rings. The molecular weight excluding hydrogens is 398 g/mol. The van der Waals surface area contributed by atoms with Crippen LogP contribution in [0.2, 0.25) is 0 Å². The molecule has 0 aromatic heterocycles. The number of hydrogen-bond donors (Lipinski definition) is 0. The highest BCUT2D eigenvalue weighted by Crippen LogP contribution is 2.71. The molecule has 0 fully saturated rings. The molecule has 0 amide bonds. The third-order valence-electron chi connectivity index (χ3n) is 4.19. The summed E-state index contributed by atoms with van der Waals surface area (Å²) in [6.07, 6.45) is 8.96. The van der Waals surface area contributed by atoms with Crippen molar-refractivity contribution in [3.8, 4) is 0 Å². The molecule has 0 saturated carbocycles. The van der Waals surface area contributed by atoms with Gasteiger partial charge in [0.2, 0.25) is 0 Å². The van der Waals surface area contributed by atoms with Crippen molar-refractivity contribution >= 4 is 15.2 Å². The van der Waals surface area contributed by atoms with Crippen LogP contribution in [0.3, 0.4) is 0 Å². The maximum atomic E-state index is 13.4. The van der Waals surface area contributed by atoms with E-state index in [-0.39, 0.29) is 26.4 Å². The molecule has 0 bridgehead atoms. The van der Waals surface area contributed by atoms with Crippen LogP contribution in [-0.4, -0.2) is 31.8 Å². The standard InChI is InChI=1S/C20H42O6P2/c1-7-23-27(21,24-8-2)20(28(22,25-9-3)26-10-4)18-16-14-12-11-13-15-17-19(5)6/h17,20H,7-16,18H2,1-6H3. The van der Waals surface area contributed by atoms with E-state index in [1.807, 2.05) is 0 Å². The Morgan fingerprint density at radius 1 is 0.714 bits per heavy atom. The minimum absolute atomic E-state index is 0.219. The molecule has 0 heterocycles. The number of hydrogen-bond acceptors (Lipinski definition) is 6. The van der Waals surface area contributed by atoms with Gasteiger partial charge in [-0.1, -0.05) is 37.3 Å².